The third kappa shape index (κ3) is 8.65. The van der Waals surface area contributed by atoms with E-state index in [0.29, 0.717) is 22.5 Å². The highest BCUT2D eigenvalue weighted by molar-refractivity contribution is 7.92. The number of hydrogen-bond donors (Lipinski definition) is 1. The van der Waals surface area contributed by atoms with Crippen molar-refractivity contribution >= 4 is 45.4 Å². The number of pyridine rings is 1. The van der Waals surface area contributed by atoms with Crippen molar-refractivity contribution in [2.75, 3.05) is 50.5 Å². The number of unbranched alkanes of at least 4 members (excludes halogenated alkanes) is 2. The van der Waals surface area contributed by atoms with E-state index in [1.165, 1.54) is 25.3 Å². The van der Waals surface area contributed by atoms with Gasteiger partial charge in [0.25, 0.3) is 0 Å². The van der Waals surface area contributed by atoms with E-state index in [9.17, 15) is 23.1 Å². The average Bonchev–Trinajstić information content (AvgIpc) is 3.41. The summed E-state index contributed by atoms with van der Waals surface area (Å²) in [6.07, 6.45) is 5.65. The van der Waals surface area contributed by atoms with E-state index < -0.39 is 22.5 Å². The Morgan fingerprint density at radius 2 is 1.53 bits per heavy atom. The highest BCUT2D eigenvalue weighted by atomic mass is 35.5. The molecule has 0 unspecified atom stereocenters. The van der Waals surface area contributed by atoms with Crippen molar-refractivity contribution < 1.29 is 32.6 Å². The maximum atomic E-state index is 14.3. The Balaban J connectivity index is 0.00000600. The maximum absolute atomic E-state index is 14.3. The van der Waals surface area contributed by atoms with Crippen LogP contribution < -0.4 is 13.8 Å². The van der Waals surface area contributed by atoms with Crippen molar-refractivity contribution in [2.45, 2.75) is 39.5 Å². The van der Waals surface area contributed by atoms with Crippen LogP contribution in [0.3, 0.4) is 0 Å². The lowest BCUT2D eigenvalue weighted by atomic mass is 9.99. The molecule has 2 aromatic heterocycles. The zero-order valence-electron chi connectivity index (χ0n) is 27.3. The van der Waals surface area contributed by atoms with Crippen LogP contribution in [0.15, 0.2) is 72.9 Å². The number of aromatic nitrogens is 1. The Hall–Kier alpha value is -4.06. The molecule has 0 amide bonds. The summed E-state index contributed by atoms with van der Waals surface area (Å²) < 4.78 is 41.5. The van der Waals surface area contributed by atoms with E-state index in [4.69, 9.17) is 9.47 Å². The summed E-state index contributed by atoms with van der Waals surface area (Å²) in [5, 5.41) is 9.71. The van der Waals surface area contributed by atoms with Gasteiger partial charge in [-0.05, 0) is 61.8 Å². The van der Waals surface area contributed by atoms with Gasteiger partial charge in [0, 0.05) is 18.3 Å². The molecule has 12 heteroatoms. The molecular weight excluding hydrogens is 642 g/mol. The number of carboxylic acids is 1. The molecule has 2 aromatic carbocycles. The van der Waals surface area contributed by atoms with Crippen LogP contribution in [0.2, 0.25) is 0 Å². The number of benzene rings is 2. The van der Waals surface area contributed by atoms with Gasteiger partial charge in [0.15, 0.2) is 5.75 Å². The molecule has 0 aliphatic rings. The van der Waals surface area contributed by atoms with Crippen molar-refractivity contribution in [1.82, 2.24) is 9.30 Å². The summed E-state index contributed by atoms with van der Waals surface area (Å²) in [6, 6.07) is 19.4. The largest absolute Gasteiger partial charge is 0.495 e. The van der Waals surface area contributed by atoms with Gasteiger partial charge in [0.1, 0.15) is 18.0 Å². The number of carbonyl (C=O) groups is 2. The Morgan fingerprint density at radius 3 is 2.13 bits per heavy atom. The minimum absolute atomic E-state index is 0. The predicted molar refractivity (Wildman–Crippen MR) is 188 cm³/mol. The number of aliphatic carboxylic acids is 1. The summed E-state index contributed by atoms with van der Waals surface area (Å²) in [5.41, 5.74) is 2.77. The first-order valence-electron chi connectivity index (χ1n) is 15.6. The molecule has 0 aliphatic heterocycles. The first-order valence-corrected chi connectivity index (χ1v) is 17.2. The van der Waals surface area contributed by atoms with E-state index in [1.54, 1.807) is 17.7 Å². The molecule has 47 heavy (non-hydrogen) atoms. The molecule has 0 spiro atoms. The Labute approximate surface area is 283 Å². The normalized spacial score (nSPS) is 11.3. The van der Waals surface area contributed by atoms with E-state index in [1.807, 2.05) is 48.5 Å². The van der Waals surface area contributed by atoms with Crippen molar-refractivity contribution in [3.05, 3.63) is 84.2 Å². The van der Waals surface area contributed by atoms with Gasteiger partial charge < -0.3 is 23.9 Å². The standard InChI is InChI=1S/C35H43N3O7S.ClH/c1-5-7-19-36(20-8-6-2)22-23-46(42,43)38(25-31(39)40)28-18-17-27(24-30(28)44-3)34(41)33-32(26-14-10-9-11-15-26)35(45-4)29-16-12-13-21-37(29)33;/h9-18,21,24H,5-8,19-20,22-23,25H2,1-4H3,(H,39,40);1H. The lowest BCUT2D eigenvalue weighted by Gasteiger charge is -2.27. The minimum atomic E-state index is -4.08. The molecule has 10 nitrogen and oxygen atoms in total. The number of ketones is 1. The van der Waals surface area contributed by atoms with Gasteiger partial charge in [0.2, 0.25) is 15.8 Å². The molecule has 0 atom stereocenters. The van der Waals surface area contributed by atoms with Gasteiger partial charge >= 0.3 is 5.97 Å². The molecular formula is C35H44ClN3O7S. The molecule has 0 aliphatic carbocycles. The van der Waals surface area contributed by atoms with Gasteiger partial charge in [-0.2, -0.15) is 0 Å². The fourth-order valence-corrected chi connectivity index (χ4v) is 7.02. The number of nitrogens with zero attached hydrogens (tertiary/aromatic N) is 3. The van der Waals surface area contributed by atoms with Crippen molar-refractivity contribution in [2.24, 2.45) is 0 Å². The topological polar surface area (TPSA) is 118 Å². The van der Waals surface area contributed by atoms with Crippen LogP contribution in [-0.2, 0) is 14.8 Å². The Bertz CT molecular complexity index is 1750. The monoisotopic (exact) mass is 685 g/mol. The SMILES string of the molecule is CCCCN(CCCC)CCS(=O)(=O)N(CC(=O)O)c1ccc(C(=O)c2c(-c3ccccc3)c(OC)c3ccccn23)cc1OC.Cl. The summed E-state index contributed by atoms with van der Waals surface area (Å²) in [6.45, 7) is 5.21. The number of halogens is 1. The number of anilines is 1. The second kappa shape index (κ2) is 17.2. The summed E-state index contributed by atoms with van der Waals surface area (Å²) in [5.74, 6) is -1.29. The first-order chi connectivity index (χ1) is 22.2. The fraction of sp³-hybridized carbons (Fsp3) is 0.371. The van der Waals surface area contributed by atoms with Gasteiger partial charge in [-0.3, -0.25) is 13.9 Å². The maximum Gasteiger partial charge on any atom is 0.324 e. The van der Waals surface area contributed by atoms with Crippen molar-refractivity contribution in [1.29, 1.82) is 0 Å². The lowest BCUT2D eigenvalue weighted by molar-refractivity contribution is -0.135. The minimum Gasteiger partial charge on any atom is -0.495 e. The van der Waals surface area contributed by atoms with E-state index >= 15 is 0 Å². The first kappa shape index (κ1) is 37.4. The third-order valence-corrected chi connectivity index (χ3v) is 9.62. The van der Waals surface area contributed by atoms with Crippen LogP contribution >= 0.6 is 12.4 Å². The van der Waals surface area contributed by atoms with Gasteiger partial charge in [-0.1, -0.05) is 63.1 Å². The van der Waals surface area contributed by atoms with Crippen LogP contribution in [0.1, 0.15) is 55.6 Å². The molecule has 0 saturated carbocycles. The third-order valence-electron chi connectivity index (χ3n) is 7.93. The van der Waals surface area contributed by atoms with Gasteiger partial charge in [0.05, 0.1) is 36.7 Å². The van der Waals surface area contributed by atoms with Crippen LogP contribution in [0.25, 0.3) is 16.6 Å². The van der Waals surface area contributed by atoms with E-state index in [-0.39, 0.29) is 47.5 Å². The van der Waals surface area contributed by atoms with Crippen molar-refractivity contribution in [3.8, 4) is 22.6 Å². The number of carbonyl (C=O) groups excluding carboxylic acids is 1. The molecule has 4 rings (SSSR count). The predicted octanol–water partition coefficient (Wildman–Crippen LogP) is 6.40. The average molecular weight is 686 g/mol. The molecule has 0 fully saturated rings. The van der Waals surface area contributed by atoms with Crippen LogP contribution in [0.5, 0.6) is 11.5 Å². The molecule has 4 aromatic rings. The smallest absolute Gasteiger partial charge is 0.324 e. The van der Waals surface area contributed by atoms with Gasteiger partial charge in [-0.25, -0.2) is 8.42 Å². The molecule has 2 heterocycles. The molecule has 1 N–H and O–H groups in total. The lowest BCUT2D eigenvalue weighted by Crippen LogP contribution is -2.41. The second-order valence-corrected chi connectivity index (χ2v) is 13.1. The van der Waals surface area contributed by atoms with E-state index in [0.717, 1.165) is 48.6 Å². The fourth-order valence-electron chi connectivity index (χ4n) is 5.55. The number of ether oxygens (including phenoxy) is 2. The van der Waals surface area contributed by atoms with Crippen LogP contribution in [0.4, 0.5) is 5.69 Å². The van der Waals surface area contributed by atoms with Crippen LogP contribution in [-0.4, -0.2) is 80.7 Å². The Morgan fingerprint density at radius 1 is 0.872 bits per heavy atom. The number of rotatable bonds is 18. The zero-order chi connectivity index (χ0) is 33.3. The van der Waals surface area contributed by atoms with E-state index in [2.05, 4.69) is 18.7 Å². The molecule has 0 bridgehead atoms. The number of fused-ring (bicyclic) bond motifs is 1. The number of hydrogen-bond acceptors (Lipinski definition) is 7. The van der Waals surface area contributed by atoms with Gasteiger partial charge in [-0.15, -0.1) is 12.4 Å². The number of sulfonamides is 1. The van der Waals surface area contributed by atoms with Crippen molar-refractivity contribution in [3.63, 3.8) is 0 Å². The zero-order valence-corrected chi connectivity index (χ0v) is 29.0. The summed E-state index contributed by atoms with van der Waals surface area (Å²) in [7, 11) is -1.16. The molecule has 254 valence electrons. The Kier molecular flexibility index (Phi) is 13.7. The summed E-state index contributed by atoms with van der Waals surface area (Å²) >= 11 is 0. The molecule has 0 radical (unpaired) electrons. The highest BCUT2D eigenvalue weighted by Crippen LogP contribution is 2.41. The summed E-state index contributed by atoms with van der Waals surface area (Å²) in [4.78, 5) is 28.3. The molecule has 0 saturated heterocycles. The highest BCUT2D eigenvalue weighted by Gasteiger charge is 2.30. The quantitative estimate of drug-likeness (QED) is 0.120. The number of methoxy groups -OCH3 is 2. The number of carboxylic acid groups (broad SMARTS) is 1. The second-order valence-electron chi connectivity index (χ2n) is 11.1. The van der Waals surface area contributed by atoms with Crippen LogP contribution in [0, 0.1) is 0 Å².